The molecular formula is C9H16N2O2. The van der Waals surface area contributed by atoms with Gasteiger partial charge in [-0.3, -0.25) is 4.79 Å². The highest BCUT2D eigenvalue weighted by molar-refractivity contribution is 5.77. The summed E-state index contributed by atoms with van der Waals surface area (Å²) < 4.78 is 0. The molecule has 1 amide bonds. The Hall–Kier alpha value is -0.870. The highest BCUT2D eigenvalue weighted by Gasteiger charge is 2.30. The maximum absolute atomic E-state index is 11.4. The van der Waals surface area contributed by atoms with E-state index in [2.05, 4.69) is 11.9 Å². The van der Waals surface area contributed by atoms with Crippen molar-refractivity contribution in [3.05, 3.63) is 12.7 Å². The lowest BCUT2D eigenvalue weighted by Crippen LogP contribution is -2.44. The topological polar surface area (TPSA) is 52.6 Å². The van der Waals surface area contributed by atoms with Crippen LogP contribution < -0.4 is 5.32 Å². The van der Waals surface area contributed by atoms with Gasteiger partial charge in [0.1, 0.15) is 0 Å². The summed E-state index contributed by atoms with van der Waals surface area (Å²) in [4.78, 5) is 13.0. The lowest BCUT2D eigenvalue weighted by atomic mass is 10.2. The minimum absolute atomic E-state index is 0.00255. The zero-order valence-electron chi connectivity index (χ0n) is 7.86. The second-order valence-corrected chi connectivity index (χ2v) is 3.29. The molecule has 2 atom stereocenters. The van der Waals surface area contributed by atoms with Gasteiger partial charge in [-0.25, -0.2) is 0 Å². The van der Waals surface area contributed by atoms with E-state index in [1.165, 1.54) is 0 Å². The van der Waals surface area contributed by atoms with Crippen molar-refractivity contribution in [3.63, 3.8) is 0 Å². The molecule has 0 saturated carbocycles. The molecule has 2 N–H and O–H groups in total. The molecule has 13 heavy (non-hydrogen) atoms. The van der Waals surface area contributed by atoms with Crippen molar-refractivity contribution in [2.75, 3.05) is 20.1 Å². The van der Waals surface area contributed by atoms with Gasteiger partial charge in [0.05, 0.1) is 12.1 Å². The molecular weight excluding hydrogens is 168 g/mol. The first-order valence-corrected chi connectivity index (χ1v) is 4.42. The number of aliphatic hydroxyl groups excluding tert-OH is 1. The fraction of sp³-hybridized carbons (Fsp3) is 0.667. The van der Waals surface area contributed by atoms with Crippen LogP contribution in [0.5, 0.6) is 0 Å². The van der Waals surface area contributed by atoms with E-state index in [-0.39, 0.29) is 11.9 Å². The summed E-state index contributed by atoms with van der Waals surface area (Å²) in [6.45, 7) is 4.74. The molecule has 1 aliphatic rings. The lowest BCUT2D eigenvalue weighted by Gasteiger charge is -2.25. The Bertz CT molecular complexity index is 206. The van der Waals surface area contributed by atoms with E-state index in [9.17, 15) is 9.90 Å². The van der Waals surface area contributed by atoms with Crippen LogP contribution in [0.3, 0.4) is 0 Å². The molecule has 0 aromatic rings. The lowest BCUT2D eigenvalue weighted by molar-refractivity contribution is -0.132. The smallest absolute Gasteiger partial charge is 0.226 e. The van der Waals surface area contributed by atoms with Crippen LogP contribution in [0.25, 0.3) is 0 Å². The van der Waals surface area contributed by atoms with Crippen LogP contribution in [0, 0.1) is 0 Å². The normalized spacial score (nSPS) is 27.2. The maximum Gasteiger partial charge on any atom is 0.226 e. The van der Waals surface area contributed by atoms with Crippen LogP contribution in [-0.4, -0.2) is 48.2 Å². The number of carbonyl (C=O) groups excluding carboxylic acids is 1. The molecule has 0 aliphatic carbocycles. The third-order valence-electron chi connectivity index (χ3n) is 2.36. The minimum Gasteiger partial charge on any atom is -0.390 e. The number of hydrogen-bond acceptors (Lipinski definition) is 3. The molecule has 1 heterocycles. The van der Waals surface area contributed by atoms with Gasteiger partial charge in [0.2, 0.25) is 5.91 Å². The standard InChI is InChI=1S/C9H16N2O2/c1-3-4-9(13)11(2)7-5-10-6-8(7)12/h3,7-8,10,12H,1,4-6H2,2H3/t7-,8-/m1/s1. The zero-order valence-corrected chi connectivity index (χ0v) is 7.86. The molecule has 1 rings (SSSR count). The van der Waals surface area contributed by atoms with Crippen molar-refractivity contribution in [1.29, 1.82) is 0 Å². The molecule has 4 heteroatoms. The molecule has 0 unspecified atom stereocenters. The van der Waals surface area contributed by atoms with E-state index in [4.69, 9.17) is 0 Å². The second kappa shape index (κ2) is 4.39. The largest absolute Gasteiger partial charge is 0.390 e. The second-order valence-electron chi connectivity index (χ2n) is 3.29. The van der Waals surface area contributed by atoms with E-state index in [1.807, 2.05) is 0 Å². The third kappa shape index (κ3) is 2.29. The van der Waals surface area contributed by atoms with Crippen molar-refractivity contribution in [2.24, 2.45) is 0 Å². The van der Waals surface area contributed by atoms with Crippen LogP contribution in [0.15, 0.2) is 12.7 Å². The summed E-state index contributed by atoms with van der Waals surface area (Å²) in [7, 11) is 1.72. The average molecular weight is 184 g/mol. The molecule has 74 valence electrons. The predicted octanol–water partition coefficient (Wildman–Crippen LogP) is -0.646. The number of amides is 1. The number of aliphatic hydroxyl groups is 1. The Labute approximate surface area is 78.2 Å². The minimum atomic E-state index is -0.446. The summed E-state index contributed by atoms with van der Waals surface area (Å²) >= 11 is 0. The first-order chi connectivity index (χ1) is 6.16. The first-order valence-electron chi connectivity index (χ1n) is 4.42. The van der Waals surface area contributed by atoms with Gasteiger partial charge in [-0.05, 0) is 0 Å². The van der Waals surface area contributed by atoms with Gasteiger partial charge in [-0.15, -0.1) is 6.58 Å². The van der Waals surface area contributed by atoms with Gasteiger partial charge in [-0.2, -0.15) is 0 Å². The quantitative estimate of drug-likeness (QED) is 0.573. The Morgan fingerprint density at radius 2 is 2.46 bits per heavy atom. The van der Waals surface area contributed by atoms with Gasteiger partial charge in [0.15, 0.2) is 0 Å². The summed E-state index contributed by atoms with van der Waals surface area (Å²) in [6.07, 6.45) is 1.46. The van der Waals surface area contributed by atoms with Crippen LogP contribution in [0.1, 0.15) is 6.42 Å². The number of likely N-dealkylation sites (N-methyl/N-ethyl adjacent to an activating group) is 1. The van der Waals surface area contributed by atoms with Gasteiger partial charge < -0.3 is 15.3 Å². The number of nitrogens with zero attached hydrogens (tertiary/aromatic N) is 1. The molecule has 1 fully saturated rings. The fourth-order valence-electron chi connectivity index (χ4n) is 1.50. The maximum atomic E-state index is 11.4. The van der Waals surface area contributed by atoms with Crippen LogP contribution >= 0.6 is 0 Å². The summed E-state index contributed by atoms with van der Waals surface area (Å²) in [6, 6.07) is -0.0903. The number of rotatable bonds is 3. The third-order valence-corrected chi connectivity index (χ3v) is 2.36. The molecule has 0 bridgehead atoms. The Kier molecular flexibility index (Phi) is 3.45. The van der Waals surface area contributed by atoms with Gasteiger partial charge in [0.25, 0.3) is 0 Å². The molecule has 1 aliphatic heterocycles. The molecule has 0 aromatic heterocycles. The Morgan fingerprint density at radius 3 is 2.92 bits per heavy atom. The van der Waals surface area contributed by atoms with Crippen LogP contribution in [-0.2, 0) is 4.79 Å². The number of hydrogen-bond donors (Lipinski definition) is 2. The van der Waals surface area contributed by atoms with Crippen molar-refractivity contribution < 1.29 is 9.90 Å². The van der Waals surface area contributed by atoms with E-state index < -0.39 is 6.10 Å². The molecule has 0 radical (unpaired) electrons. The zero-order chi connectivity index (χ0) is 9.84. The van der Waals surface area contributed by atoms with Crippen molar-refractivity contribution in [1.82, 2.24) is 10.2 Å². The molecule has 1 saturated heterocycles. The van der Waals surface area contributed by atoms with Crippen molar-refractivity contribution >= 4 is 5.91 Å². The summed E-state index contributed by atoms with van der Waals surface area (Å²) in [5.41, 5.74) is 0. The van der Waals surface area contributed by atoms with Gasteiger partial charge in [-0.1, -0.05) is 6.08 Å². The monoisotopic (exact) mass is 184 g/mol. The Balaban J connectivity index is 2.50. The van der Waals surface area contributed by atoms with Crippen LogP contribution in [0.4, 0.5) is 0 Å². The Morgan fingerprint density at radius 1 is 1.77 bits per heavy atom. The van der Waals surface area contributed by atoms with Crippen molar-refractivity contribution in [3.8, 4) is 0 Å². The van der Waals surface area contributed by atoms with E-state index in [0.717, 1.165) is 0 Å². The van der Waals surface area contributed by atoms with Crippen LogP contribution in [0.2, 0.25) is 0 Å². The predicted molar refractivity (Wildman–Crippen MR) is 50.2 cm³/mol. The number of carbonyl (C=O) groups is 1. The molecule has 4 nitrogen and oxygen atoms in total. The highest BCUT2D eigenvalue weighted by atomic mass is 16.3. The average Bonchev–Trinajstić information content (AvgIpc) is 2.50. The molecule has 0 spiro atoms. The van der Waals surface area contributed by atoms with Gasteiger partial charge >= 0.3 is 0 Å². The number of β-amino-alcohol motifs (C(OH)–C–C–N with tert-alkyl or cyclic N) is 1. The summed E-state index contributed by atoms with van der Waals surface area (Å²) in [5.74, 6) is 0.00255. The molecule has 0 aromatic carbocycles. The van der Waals surface area contributed by atoms with E-state index >= 15 is 0 Å². The summed E-state index contributed by atoms with van der Waals surface area (Å²) in [5, 5.41) is 12.5. The SMILES string of the molecule is C=CCC(=O)N(C)[C@@H]1CNC[C@H]1O. The fourth-order valence-corrected chi connectivity index (χ4v) is 1.50. The van der Waals surface area contributed by atoms with Crippen molar-refractivity contribution in [2.45, 2.75) is 18.6 Å². The first kappa shape index (κ1) is 10.2. The van der Waals surface area contributed by atoms with E-state index in [1.54, 1.807) is 18.0 Å². The number of nitrogens with one attached hydrogen (secondary N) is 1. The van der Waals surface area contributed by atoms with E-state index in [0.29, 0.717) is 19.5 Å². The van der Waals surface area contributed by atoms with Gasteiger partial charge in [0, 0.05) is 26.6 Å². The highest BCUT2D eigenvalue weighted by Crippen LogP contribution is 2.08.